The Morgan fingerprint density at radius 1 is 1.30 bits per heavy atom. The predicted octanol–water partition coefficient (Wildman–Crippen LogP) is 3.44. The smallest absolute Gasteiger partial charge is 0.344 e. The van der Waals surface area contributed by atoms with Crippen molar-refractivity contribution in [3.63, 3.8) is 0 Å². The summed E-state index contributed by atoms with van der Waals surface area (Å²) in [5, 5.41) is 6.92. The predicted molar refractivity (Wildman–Crippen MR) is 85.7 cm³/mol. The lowest BCUT2D eigenvalue weighted by molar-refractivity contribution is -0.123. The third-order valence-electron chi connectivity index (χ3n) is 3.42. The van der Waals surface area contributed by atoms with E-state index < -0.39 is 18.0 Å². The van der Waals surface area contributed by atoms with Crippen molar-refractivity contribution in [2.75, 3.05) is 5.32 Å². The van der Waals surface area contributed by atoms with Crippen LogP contribution in [0.25, 0.3) is 0 Å². The molecule has 0 aliphatic heterocycles. The van der Waals surface area contributed by atoms with Gasteiger partial charge >= 0.3 is 5.97 Å². The molecule has 6 nitrogen and oxygen atoms in total. The van der Waals surface area contributed by atoms with Gasteiger partial charge in [0.25, 0.3) is 5.91 Å². The number of amides is 1. The number of aromatic nitrogens is 1. The van der Waals surface area contributed by atoms with Gasteiger partial charge in [-0.2, -0.15) is 0 Å². The Hall–Kier alpha value is -2.34. The Kier molecular flexibility index (Phi) is 5.05. The van der Waals surface area contributed by atoms with E-state index in [0.29, 0.717) is 22.2 Å². The van der Waals surface area contributed by atoms with Crippen molar-refractivity contribution >= 4 is 29.2 Å². The van der Waals surface area contributed by atoms with E-state index in [1.165, 1.54) is 6.92 Å². The molecule has 0 unspecified atom stereocenters. The van der Waals surface area contributed by atoms with Crippen LogP contribution in [0.15, 0.2) is 22.7 Å². The van der Waals surface area contributed by atoms with Gasteiger partial charge in [0.1, 0.15) is 11.3 Å². The zero-order chi connectivity index (χ0) is 17.1. The molecule has 7 heteroatoms. The minimum Gasteiger partial charge on any atom is -0.449 e. The number of halogens is 1. The molecule has 0 saturated heterocycles. The third kappa shape index (κ3) is 3.71. The third-order valence-corrected chi connectivity index (χ3v) is 3.83. The number of anilines is 1. The second-order valence-electron chi connectivity index (χ2n) is 5.15. The summed E-state index contributed by atoms with van der Waals surface area (Å²) in [4.78, 5) is 24.3. The molecule has 1 aromatic carbocycles. The average Bonchev–Trinajstić information content (AvgIpc) is 2.82. The van der Waals surface area contributed by atoms with Crippen LogP contribution in [0.5, 0.6) is 0 Å². The molecular weight excluding hydrogens is 320 g/mol. The van der Waals surface area contributed by atoms with Gasteiger partial charge in [0.05, 0.1) is 5.69 Å². The van der Waals surface area contributed by atoms with Crippen molar-refractivity contribution in [2.24, 2.45) is 0 Å². The number of hydrogen-bond acceptors (Lipinski definition) is 5. The van der Waals surface area contributed by atoms with Crippen molar-refractivity contribution in [3.05, 3.63) is 45.8 Å². The molecule has 2 aromatic rings. The Balaban J connectivity index is 2.06. The molecule has 0 aliphatic carbocycles. The Bertz CT molecular complexity index is 735. The minimum atomic E-state index is -0.977. The molecule has 1 heterocycles. The van der Waals surface area contributed by atoms with Crippen LogP contribution in [0, 0.1) is 20.8 Å². The highest BCUT2D eigenvalue weighted by Crippen LogP contribution is 2.23. The number of rotatable bonds is 4. The second-order valence-corrected chi connectivity index (χ2v) is 5.56. The van der Waals surface area contributed by atoms with E-state index in [4.69, 9.17) is 20.9 Å². The molecule has 1 atom stereocenters. The number of ether oxygens (including phenoxy) is 1. The molecule has 0 saturated carbocycles. The monoisotopic (exact) mass is 336 g/mol. The first kappa shape index (κ1) is 17.0. The summed E-state index contributed by atoms with van der Waals surface area (Å²) >= 11 is 6.01. The van der Waals surface area contributed by atoms with E-state index in [-0.39, 0.29) is 5.56 Å². The van der Waals surface area contributed by atoms with Gasteiger partial charge in [0.15, 0.2) is 6.10 Å². The van der Waals surface area contributed by atoms with Crippen LogP contribution < -0.4 is 5.32 Å². The molecule has 2 rings (SSSR count). The Morgan fingerprint density at radius 2 is 2.00 bits per heavy atom. The van der Waals surface area contributed by atoms with Gasteiger partial charge in [-0.3, -0.25) is 4.79 Å². The van der Waals surface area contributed by atoms with E-state index in [9.17, 15) is 9.59 Å². The lowest BCUT2D eigenvalue weighted by atomic mass is 10.2. The molecule has 1 amide bonds. The number of carbonyl (C=O) groups excluding carboxylic acids is 2. The minimum absolute atomic E-state index is 0.239. The summed E-state index contributed by atoms with van der Waals surface area (Å²) in [5.41, 5.74) is 1.98. The van der Waals surface area contributed by atoms with Gasteiger partial charge in [-0.1, -0.05) is 22.8 Å². The van der Waals surface area contributed by atoms with E-state index in [2.05, 4.69) is 10.5 Å². The summed E-state index contributed by atoms with van der Waals surface area (Å²) in [6.45, 7) is 6.52. The maximum Gasteiger partial charge on any atom is 0.344 e. The second kappa shape index (κ2) is 6.83. The number of esters is 1. The van der Waals surface area contributed by atoms with Crippen molar-refractivity contribution < 1.29 is 18.8 Å². The first-order valence-electron chi connectivity index (χ1n) is 7.01. The fraction of sp³-hybridized carbons (Fsp3) is 0.312. The first-order valence-corrected chi connectivity index (χ1v) is 7.39. The van der Waals surface area contributed by atoms with E-state index in [1.54, 1.807) is 39.0 Å². The van der Waals surface area contributed by atoms with E-state index >= 15 is 0 Å². The highest BCUT2D eigenvalue weighted by molar-refractivity contribution is 6.31. The maximum atomic E-state index is 12.2. The molecule has 0 fully saturated rings. The van der Waals surface area contributed by atoms with Gasteiger partial charge in [0, 0.05) is 10.7 Å². The number of carbonyl (C=O) groups is 2. The van der Waals surface area contributed by atoms with Crippen LogP contribution in [0.2, 0.25) is 5.02 Å². The topological polar surface area (TPSA) is 81.4 Å². The van der Waals surface area contributed by atoms with Gasteiger partial charge in [0.2, 0.25) is 0 Å². The fourth-order valence-corrected chi connectivity index (χ4v) is 2.20. The van der Waals surface area contributed by atoms with Crippen molar-refractivity contribution in [3.8, 4) is 0 Å². The van der Waals surface area contributed by atoms with Gasteiger partial charge in [-0.05, 0) is 45.4 Å². The number of nitrogens with one attached hydrogen (secondary N) is 1. The normalized spacial score (nSPS) is 11.9. The average molecular weight is 337 g/mol. The quantitative estimate of drug-likeness (QED) is 0.865. The lowest BCUT2D eigenvalue weighted by Crippen LogP contribution is -2.30. The largest absolute Gasteiger partial charge is 0.449 e. The van der Waals surface area contributed by atoms with Crippen LogP contribution in [0.4, 0.5) is 5.69 Å². The van der Waals surface area contributed by atoms with Crippen molar-refractivity contribution in [2.45, 2.75) is 33.8 Å². The molecule has 0 bridgehead atoms. The summed E-state index contributed by atoms with van der Waals surface area (Å²) < 4.78 is 10.1. The SMILES string of the molecule is Cc1noc(C)c1C(=O)O[C@@H](C)C(=O)Nc1cccc(Cl)c1C. The summed E-state index contributed by atoms with van der Waals surface area (Å²) in [7, 11) is 0. The Morgan fingerprint density at radius 3 is 2.61 bits per heavy atom. The first-order chi connectivity index (χ1) is 10.8. The van der Waals surface area contributed by atoms with E-state index in [0.717, 1.165) is 5.56 Å². The standard InChI is InChI=1S/C16H17ClN2O4/c1-8-12(17)6-5-7-13(8)18-15(20)11(4)22-16(21)14-9(2)19-23-10(14)3/h5-7,11H,1-4H3,(H,18,20)/t11-/m0/s1. The van der Waals surface area contributed by atoms with Gasteiger partial charge in [-0.15, -0.1) is 0 Å². The van der Waals surface area contributed by atoms with Crippen molar-refractivity contribution in [1.82, 2.24) is 5.16 Å². The zero-order valence-electron chi connectivity index (χ0n) is 13.3. The van der Waals surface area contributed by atoms with Gasteiger partial charge in [-0.25, -0.2) is 4.79 Å². The number of nitrogens with zero attached hydrogens (tertiary/aromatic N) is 1. The number of benzene rings is 1. The van der Waals surface area contributed by atoms with Crippen LogP contribution in [0.3, 0.4) is 0 Å². The molecule has 0 aliphatic rings. The maximum absolute atomic E-state index is 12.2. The highest BCUT2D eigenvalue weighted by atomic mass is 35.5. The molecule has 0 radical (unpaired) electrons. The lowest BCUT2D eigenvalue weighted by Gasteiger charge is -2.15. The zero-order valence-corrected chi connectivity index (χ0v) is 14.0. The van der Waals surface area contributed by atoms with Crippen LogP contribution in [-0.4, -0.2) is 23.1 Å². The van der Waals surface area contributed by atoms with Crippen LogP contribution >= 0.6 is 11.6 Å². The Labute approximate surface area is 138 Å². The molecule has 0 spiro atoms. The molecular formula is C16H17ClN2O4. The van der Waals surface area contributed by atoms with Crippen LogP contribution in [-0.2, 0) is 9.53 Å². The van der Waals surface area contributed by atoms with Crippen molar-refractivity contribution in [1.29, 1.82) is 0 Å². The fourth-order valence-electron chi connectivity index (χ4n) is 2.02. The number of aryl methyl sites for hydroxylation is 2. The molecule has 1 N–H and O–H groups in total. The summed E-state index contributed by atoms with van der Waals surface area (Å²) in [6, 6.07) is 5.18. The van der Waals surface area contributed by atoms with E-state index in [1.807, 2.05) is 0 Å². The summed E-state index contributed by atoms with van der Waals surface area (Å²) in [6.07, 6.45) is -0.977. The highest BCUT2D eigenvalue weighted by Gasteiger charge is 2.24. The van der Waals surface area contributed by atoms with Gasteiger partial charge < -0.3 is 14.6 Å². The molecule has 1 aromatic heterocycles. The number of hydrogen-bond donors (Lipinski definition) is 1. The summed E-state index contributed by atoms with van der Waals surface area (Å²) in [5.74, 6) is -0.743. The molecule has 122 valence electrons. The van der Waals surface area contributed by atoms with Crippen LogP contribution in [0.1, 0.15) is 34.3 Å². The molecule has 23 heavy (non-hydrogen) atoms.